The van der Waals surface area contributed by atoms with Crippen LogP contribution >= 0.6 is 23.1 Å². The van der Waals surface area contributed by atoms with Crippen molar-refractivity contribution in [2.24, 2.45) is 0 Å². The van der Waals surface area contributed by atoms with Gasteiger partial charge in [-0.1, -0.05) is 36.1 Å². The largest absolute Gasteiger partial charge is 0.484 e. The predicted molar refractivity (Wildman–Crippen MR) is 88.9 cm³/mol. The van der Waals surface area contributed by atoms with Crippen molar-refractivity contribution in [3.8, 4) is 5.75 Å². The van der Waals surface area contributed by atoms with Crippen molar-refractivity contribution < 1.29 is 9.53 Å². The highest BCUT2D eigenvalue weighted by Crippen LogP contribution is 2.26. The van der Waals surface area contributed by atoms with Crippen LogP contribution in [0.4, 0.5) is 5.13 Å². The number of thioether (sulfide) groups is 1. The van der Waals surface area contributed by atoms with Gasteiger partial charge in [0.1, 0.15) is 5.75 Å². The molecule has 1 aromatic carbocycles. The number of aryl methyl sites for hydroxylation is 2. The number of hydrogen-bond donors (Lipinski definition) is 1. The molecule has 1 aromatic heterocycles. The molecule has 3 rings (SSSR count). The number of rotatable bonds is 6. The van der Waals surface area contributed by atoms with Gasteiger partial charge in [-0.3, -0.25) is 10.1 Å². The molecule has 0 radical (unpaired) electrons. The highest BCUT2D eigenvalue weighted by molar-refractivity contribution is 8.01. The first kappa shape index (κ1) is 15.3. The zero-order chi connectivity index (χ0) is 15.4. The van der Waals surface area contributed by atoms with E-state index in [2.05, 4.69) is 28.5 Å². The van der Waals surface area contributed by atoms with E-state index >= 15 is 0 Å². The van der Waals surface area contributed by atoms with Crippen LogP contribution in [0.15, 0.2) is 22.5 Å². The van der Waals surface area contributed by atoms with Crippen molar-refractivity contribution in [3.05, 3.63) is 29.3 Å². The number of fused-ring (bicyclic) bond motifs is 1. The Morgan fingerprint density at radius 2 is 2.23 bits per heavy atom. The van der Waals surface area contributed by atoms with Gasteiger partial charge in [0.2, 0.25) is 5.13 Å². The van der Waals surface area contributed by atoms with Gasteiger partial charge in [0.05, 0.1) is 0 Å². The summed E-state index contributed by atoms with van der Waals surface area (Å²) < 4.78 is 6.42. The lowest BCUT2D eigenvalue weighted by atomic mass is 10.1. The smallest absolute Gasteiger partial charge is 0.264 e. The molecule has 0 spiro atoms. The van der Waals surface area contributed by atoms with Crippen molar-refractivity contribution in [2.75, 3.05) is 17.7 Å². The molecule has 0 bridgehead atoms. The summed E-state index contributed by atoms with van der Waals surface area (Å²) in [6.07, 6.45) is 3.45. The molecule has 0 aliphatic heterocycles. The number of ether oxygens (including phenoxy) is 1. The van der Waals surface area contributed by atoms with Gasteiger partial charge < -0.3 is 4.74 Å². The first-order valence-electron chi connectivity index (χ1n) is 7.25. The first-order chi connectivity index (χ1) is 10.7. The van der Waals surface area contributed by atoms with Crippen LogP contribution in [0.2, 0.25) is 0 Å². The molecule has 116 valence electrons. The minimum absolute atomic E-state index is 0.0192. The molecule has 0 fully saturated rings. The van der Waals surface area contributed by atoms with E-state index in [1.807, 2.05) is 12.1 Å². The number of aromatic nitrogens is 2. The molecule has 1 heterocycles. The third-order valence-corrected chi connectivity index (χ3v) is 5.21. The number of benzene rings is 1. The van der Waals surface area contributed by atoms with E-state index in [0.717, 1.165) is 28.7 Å². The molecule has 7 heteroatoms. The summed E-state index contributed by atoms with van der Waals surface area (Å²) in [5.41, 5.74) is 2.73. The van der Waals surface area contributed by atoms with Crippen molar-refractivity contribution in [1.29, 1.82) is 0 Å². The van der Waals surface area contributed by atoms with Gasteiger partial charge in [-0.15, -0.1) is 10.2 Å². The Kier molecular flexibility index (Phi) is 4.94. The Bertz CT molecular complexity index is 673. The van der Waals surface area contributed by atoms with Crippen molar-refractivity contribution in [1.82, 2.24) is 10.2 Å². The number of amides is 1. The van der Waals surface area contributed by atoms with Crippen LogP contribution in [-0.4, -0.2) is 28.5 Å². The quantitative estimate of drug-likeness (QED) is 0.649. The molecule has 22 heavy (non-hydrogen) atoms. The highest BCUT2D eigenvalue weighted by Gasteiger charge is 2.12. The molecule has 1 amide bonds. The lowest BCUT2D eigenvalue weighted by molar-refractivity contribution is -0.118. The summed E-state index contributed by atoms with van der Waals surface area (Å²) >= 11 is 2.98. The summed E-state index contributed by atoms with van der Waals surface area (Å²) in [5.74, 6) is 1.46. The van der Waals surface area contributed by atoms with Crippen molar-refractivity contribution in [3.63, 3.8) is 0 Å². The van der Waals surface area contributed by atoms with E-state index in [1.165, 1.54) is 28.9 Å². The lowest BCUT2D eigenvalue weighted by Crippen LogP contribution is -2.20. The van der Waals surface area contributed by atoms with E-state index in [-0.39, 0.29) is 12.5 Å². The lowest BCUT2D eigenvalue weighted by Gasteiger charge is -2.07. The third-order valence-electron chi connectivity index (χ3n) is 3.36. The number of hydrogen-bond acceptors (Lipinski definition) is 6. The second-order valence-electron chi connectivity index (χ2n) is 4.93. The second-order valence-corrected chi connectivity index (χ2v) is 7.42. The second kappa shape index (κ2) is 7.11. The van der Waals surface area contributed by atoms with Gasteiger partial charge in [-0.25, -0.2) is 0 Å². The Labute approximate surface area is 137 Å². The zero-order valence-electron chi connectivity index (χ0n) is 12.3. The fraction of sp³-hybridized carbons (Fsp3) is 0.400. The number of anilines is 1. The maximum Gasteiger partial charge on any atom is 0.264 e. The third kappa shape index (κ3) is 3.78. The minimum Gasteiger partial charge on any atom is -0.484 e. The topological polar surface area (TPSA) is 64.1 Å². The van der Waals surface area contributed by atoms with E-state index in [1.54, 1.807) is 11.8 Å². The molecule has 5 nitrogen and oxygen atoms in total. The van der Waals surface area contributed by atoms with Crippen LogP contribution in [0.1, 0.15) is 24.5 Å². The number of carbonyl (C=O) groups is 1. The van der Waals surface area contributed by atoms with Gasteiger partial charge in [0.15, 0.2) is 10.9 Å². The molecule has 1 aliphatic carbocycles. The SMILES string of the molecule is CCSc1nnc(NC(=O)COc2ccc3c(c2)CCC3)s1. The average molecular weight is 335 g/mol. The molecule has 1 aliphatic rings. The van der Waals surface area contributed by atoms with Gasteiger partial charge >= 0.3 is 0 Å². The van der Waals surface area contributed by atoms with Crippen molar-refractivity contribution >= 4 is 34.1 Å². The number of nitrogens with zero attached hydrogens (tertiary/aromatic N) is 2. The van der Waals surface area contributed by atoms with Crippen LogP contribution in [0.3, 0.4) is 0 Å². The van der Waals surface area contributed by atoms with Gasteiger partial charge in [-0.05, 0) is 48.3 Å². The monoisotopic (exact) mass is 335 g/mol. The Hall–Kier alpha value is -1.60. The molecule has 0 saturated heterocycles. The van der Waals surface area contributed by atoms with Crippen LogP contribution in [0, 0.1) is 0 Å². The van der Waals surface area contributed by atoms with Gasteiger partial charge in [0.25, 0.3) is 5.91 Å². The summed E-state index contributed by atoms with van der Waals surface area (Å²) in [5, 5.41) is 11.2. The average Bonchev–Trinajstić information content (AvgIpc) is 3.14. The fourth-order valence-corrected chi connectivity index (χ4v) is 4.05. The standard InChI is InChI=1S/C15H17N3O2S2/c1-2-21-15-18-17-14(22-15)16-13(19)9-20-12-7-6-10-4-3-5-11(10)8-12/h6-8H,2-5,9H2,1H3,(H,16,17,19). The van der Waals surface area contributed by atoms with E-state index < -0.39 is 0 Å². The van der Waals surface area contributed by atoms with E-state index in [4.69, 9.17) is 4.74 Å². The van der Waals surface area contributed by atoms with Crippen LogP contribution in [0.5, 0.6) is 5.75 Å². The number of carbonyl (C=O) groups excluding carboxylic acids is 1. The van der Waals surface area contributed by atoms with Gasteiger partial charge in [-0.2, -0.15) is 0 Å². The summed E-state index contributed by atoms with van der Waals surface area (Å²) in [4.78, 5) is 11.9. The number of nitrogens with one attached hydrogen (secondary N) is 1. The van der Waals surface area contributed by atoms with E-state index in [9.17, 15) is 4.79 Å². The predicted octanol–water partition coefficient (Wildman–Crippen LogP) is 3.16. The molecular formula is C15H17N3O2S2. The molecule has 2 aromatic rings. The minimum atomic E-state index is -0.218. The Morgan fingerprint density at radius 1 is 1.36 bits per heavy atom. The maximum atomic E-state index is 11.9. The molecule has 1 N–H and O–H groups in total. The molecule has 0 unspecified atom stereocenters. The highest BCUT2D eigenvalue weighted by atomic mass is 32.2. The fourth-order valence-electron chi connectivity index (χ4n) is 2.38. The Morgan fingerprint density at radius 3 is 3.09 bits per heavy atom. The zero-order valence-corrected chi connectivity index (χ0v) is 13.9. The summed E-state index contributed by atoms with van der Waals surface area (Å²) in [6.45, 7) is 2.03. The summed E-state index contributed by atoms with van der Waals surface area (Å²) in [7, 11) is 0. The maximum absolute atomic E-state index is 11.9. The van der Waals surface area contributed by atoms with E-state index in [0.29, 0.717) is 5.13 Å². The van der Waals surface area contributed by atoms with Crippen molar-refractivity contribution in [2.45, 2.75) is 30.5 Å². The Balaban J connectivity index is 1.51. The summed E-state index contributed by atoms with van der Waals surface area (Å²) in [6, 6.07) is 6.06. The molecule has 0 saturated carbocycles. The van der Waals surface area contributed by atoms with Crippen LogP contribution < -0.4 is 10.1 Å². The van der Waals surface area contributed by atoms with Gasteiger partial charge in [0, 0.05) is 0 Å². The first-order valence-corrected chi connectivity index (χ1v) is 9.05. The molecular weight excluding hydrogens is 318 g/mol. The van der Waals surface area contributed by atoms with Crippen LogP contribution in [-0.2, 0) is 17.6 Å². The van der Waals surface area contributed by atoms with Crippen LogP contribution in [0.25, 0.3) is 0 Å². The normalized spacial score (nSPS) is 13.0. The molecule has 0 atom stereocenters.